The average molecular weight is 333 g/mol. The number of rotatable bonds is 6. The number of benzene rings is 2. The van der Waals surface area contributed by atoms with E-state index in [-0.39, 0.29) is 5.69 Å². The highest BCUT2D eigenvalue weighted by atomic mass is 16.5. The minimum Gasteiger partial charge on any atom is -0.461 e. The Morgan fingerprint density at radius 2 is 1.76 bits per heavy atom. The molecule has 0 aliphatic rings. The Bertz CT molecular complexity index is 833. The monoisotopic (exact) mass is 333 g/mol. The number of carbonyl (C=O) groups excluding carboxylic acids is 1. The maximum Gasteiger partial charge on any atom is 0.359 e. The van der Waals surface area contributed by atoms with Crippen molar-refractivity contribution in [2.45, 2.75) is 13.5 Å². The second-order valence-corrected chi connectivity index (χ2v) is 5.42. The number of aromatic nitrogens is 2. The summed E-state index contributed by atoms with van der Waals surface area (Å²) in [5.74, 6) is -0.452. The molecule has 2 aromatic carbocycles. The van der Waals surface area contributed by atoms with Gasteiger partial charge in [-0.2, -0.15) is 0 Å². The van der Waals surface area contributed by atoms with Crippen molar-refractivity contribution in [3.8, 4) is 11.1 Å². The third-order valence-corrected chi connectivity index (χ3v) is 3.73. The van der Waals surface area contributed by atoms with Crippen molar-refractivity contribution in [2.24, 2.45) is 0 Å². The van der Waals surface area contributed by atoms with Gasteiger partial charge in [0.25, 0.3) is 0 Å². The van der Waals surface area contributed by atoms with Crippen LogP contribution in [0.25, 0.3) is 11.1 Å². The number of carbonyl (C=O) groups is 1. The summed E-state index contributed by atoms with van der Waals surface area (Å²) in [7, 11) is 0. The van der Waals surface area contributed by atoms with Crippen molar-refractivity contribution in [1.29, 1.82) is 0 Å². The smallest absolute Gasteiger partial charge is 0.359 e. The van der Waals surface area contributed by atoms with E-state index in [1.54, 1.807) is 13.1 Å². The van der Waals surface area contributed by atoms with Gasteiger partial charge in [0, 0.05) is 6.54 Å². The second-order valence-electron chi connectivity index (χ2n) is 5.42. The number of hydrogen-bond acceptors (Lipinski definition) is 5. The van der Waals surface area contributed by atoms with E-state index >= 15 is 0 Å². The molecule has 0 atom stereocenters. The Morgan fingerprint density at radius 1 is 1.04 bits per heavy atom. The largest absolute Gasteiger partial charge is 0.461 e. The molecule has 0 saturated carbocycles. The summed E-state index contributed by atoms with van der Waals surface area (Å²) in [6.45, 7) is 2.64. The minimum absolute atomic E-state index is 0.248. The molecule has 5 heteroatoms. The van der Waals surface area contributed by atoms with Crippen molar-refractivity contribution in [1.82, 2.24) is 9.97 Å². The molecule has 0 fully saturated rings. The van der Waals surface area contributed by atoms with Gasteiger partial charge in [-0.05, 0) is 23.6 Å². The topological polar surface area (TPSA) is 64.1 Å². The van der Waals surface area contributed by atoms with Crippen LogP contribution in [0.2, 0.25) is 0 Å². The van der Waals surface area contributed by atoms with Gasteiger partial charge in [-0.15, -0.1) is 0 Å². The van der Waals surface area contributed by atoms with Crippen LogP contribution in [0.4, 0.5) is 5.69 Å². The Morgan fingerprint density at radius 3 is 2.48 bits per heavy atom. The molecule has 1 N–H and O–H groups in total. The van der Waals surface area contributed by atoms with Crippen LogP contribution in [-0.2, 0) is 11.3 Å². The third-order valence-electron chi connectivity index (χ3n) is 3.73. The second kappa shape index (κ2) is 8.06. The molecule has 0 radical (unpaired) electrons. The molecular formula is C20H19N3O2. The van der Waals surface area contributed by atoms with Gasteiger partial charge >= 0.3 is 5.97 Å². The first-order valence-electron chi connectivity index (χ1n) is 8.13. The highest BCUT2D eigenvalue weighted by Crippen LogP contribution is 2.20. The SMILES string of the molecule is CCOC(=O)c1ncncc1NCc1ccc(-c2ccccc2)cc1. The predicted molar refractivity (Wildman–Crippen MR) is 97.2 cm³/mol. The lowest BCUT2D eigenvalue weighted by molar-refractivity contribution is 0.0520. The van der Waals surface area contributed by atoms with E-state index in [2.05, 4.69) is 51.7 Å². The highest BCUT2D eigenvalue weighted by molar-refractivity contribution is 5.93. The Balaban J connectivity index is 1.69. The number of nitrogens with zero attached hydrogens (tertiary/aromatic N) is 2. The van der Waals surface area contributed by atoms with Gasteiger partial charge in [0.2, 0.25) is 0 Å². The van der Waals surface area contributed by atoms with Gasteiger partial charge in [-0.25, -0.2) is 14.8 Å². The molecule has 25 heavy (non-hydrogen) atoms. The first-order valence-corrected chi connectivity index (χ1v) is 8.13. The van der Waals surface area contributed by atoms with Crippen LogP contribution in [0.3, 0.4) is 0 Å². The molecule has 0 unspecified atom stereocenters. The quantitative estimate of drug-likeness (QED) is 0.692. The summed E-state index contributed by atoms with van der Waals surface area (Å²) >= 11 is 0. The number of nitrogens with one attached hydrogen (secondary N) is 1. The van der Waals surface area contributed by atoms with E-state index in [4.69, 9.17) is 4.74 Å². The lowest BCUT2D eigenvalue weighted by Crippen LogP contribution is -2.12. The van der Waals surface area contributed by atoms with Crippen LogP contribution >= 0.6 is 0 Å². The van der Waals surface area contributed by atoms with Crippen LogP contribution in [0.15, 0.2) is 67.1 Å². The Kier molecular flexibility index (Phi) is 5.36. The van der Waals surface area contributed by atoms with E-state index < -0.39 is 5.97 Å². The third kappa shape index (κ3) is 4.20. The maximum absolute atomic E-state index is 11.9. The van der Waals surface area contributed by atoms with Gasteiger partial charge in [-0.3, -0.25) is 0 Å². The standard InChI is InChI=1S/C20H19N3O2/c1-2-25-20(24)19-18(13-21-14-23-19)22-12-15-8-10-17(11-9-15)16-6-4-3-5-7-16/h3-11,13-14,22H,2,12H2,1H3. The fourth-order valence-corrected chi connectivity index (χ4v) is 2.46. The van der Waals surface area contributed by atoms with Crippen molar-refractivity contribution in [3.05, 3.63) is 78.4 Å². The van der Waals surface area contributed by atoms with Crippen molar-refractivity contribution >= 4 is 11.7 Å². The molecule has 3 rings (SSSR count). The summed E-state index contributed by atoms with van der Waals surface area (Å²) in [5, 5.41) is 3.20. The zero-order valence-corrected chi connectivity index (χ0v) is 14.0. The Labute approximate surface area is 146 Å². The van der Waals surface area contributed by atoms with Crippen LogP contribution in [0.1, 0.15) is 23.0 Å². The van der Waals surface area contributed by atoms with Gasteiger partial charge < -0.3 is 10.1 Å². The van der Waals surface area contributed by atoms with Gasteiger partial charge in [0.1, 0.15) is 6.33 Å². The van der Waals surface area contributed by atoms with Crippen molar-refractivity contribution in [3.63, 3.8) is 0 Å². The first kappa shape index (κ1) is 16.6. The van der Waals surface area contributed by atoms with Gasteiger partial charge in [-0.1, -0.05) is 54.6 Å². The Hall–Kier alpha value is -3.21. The molecule has 1 aromatic heterocycles. The fraction of sp³-hybridized carbons (Fsp3) is 0.150. The zero-order valence-electron chi connectivity index (χ0n) is 14.0. The van der Waals surface area contributed by atoms with E-state index in [0.29, 0.717) is 18.8 Å². The molecule has 126 valence electrons. The molecule has 5 nitrogen and oxygen atoms in total. The van der Waals surface area contributed by atoms with Crippen LogP contribution in [0, 0.1) is 0 Å². The predicted octanol–water partition coefficient (Wildman–Crippen LogP) is 3.93. The number of ether oxygens (including phenoxy) is 1. The lowest BCUT2D eigenvalue weighted by atomic mass is 10.0. The van der Waals surface area contributed by atoms with Gasteiger partial charge in [0.05, 0.1) is 18.5 Å². The summed E-state index contributed by atoms with van der Waals surface area (Å²) in [5.41, 5.74) is 4.26. The minimum atomic E-state index is -0.452. The van der Waals surface area contributed by atoms with Crippen LogP contribution in [0.5, 0.6) is 0 Å². The maximum atomic E-state index is 11.9. The van der Waals surface area contributed by atoms with E-state index in [0.717, 1.165) is 5.56 Å². The normalized spacial score (nSPS) is 10.3. The van der Waals surface area contributed by atoms with E-state index in [1.807, 2.05) is 18.2 Å². The molecule has 1 heterocycles. The number of esters is 1. The fourth-order valence-electron chi connectivity index (χ4n) is 2.46. The van der Waals surface area contributed by atoms with Crippen molar-refractivity contribution in [2.75, 3.05) is 11.9 Å². The number of hydrogen-bond donors (Lipinski definition) is 1. The van der Waals surface area contributed by atoms with Crippen molar-refractivity contribution < 1.29 is 9.53 Å². The van der Waals surface area contributed by atoms with Crippen LogP contribution in [-0.4, -0.2) is 22.5 Å². The molecule has 0 saturated heterocycles. The average Bonchev–Trinajstić information content (AvgIpc) is 2.68. The summed E-state index contributed by atoms with van der Waals surface area (Å²) in [4.78, 5) is 19.9. The summed E-state index contributed by atoms with van der Waals surface area (Å²) < 4.78 is 5.02. The highest BCUT2D eigenvalue weighted by Gasteiger charge is 2.14. The molecule has 0 bridgehead atoms. The van der Waals surface area contributed by atoms with Gasteiger partial charge in [0.15, 0.2) is 5.69 Å². The molecule has 0 amide bonds. The van der Waals surface area contributed by atoms with E-state index in [9.17, 15) is 4.79 Å². The summed E-state index contributed by atoms with van der Waals surface area (Å²) in [6.07, 6.45) is 2.92. The van der Waals surface area contributed by atoms with Crippen LogP contribution < -0.4 is 5.32 Å². The molecule has 3 aromatic rings. The zero-order chi connectivity index (χ0) is 17.5. The first-order chi connectivity index (χ1) is 12.3. The number of anilines is 1. The molecule has 0 aliphatic heterocycles. The lowest BCUT2D eigenvalue weighted by Gasteiger charge is -2.10. The molecular weight excluding hydrogens is 314 g/mol. The molecule has 0 spiro atoms. The summed E-state index contributed by atoms with van der Waals surface area (Å²) in [6, 6.07) is 18.5. The van der Waals surface area contributed by atoms with E-state index in [1.165, 1.54) is 17.5 Å². The molecule has 0 aliphatic carbocycles.